The van der Waals surface area contributed by atoms with Gasteiger partial charge < -0.3 is 37.6 Å². The fraction of sp³-hybridized carbons (Fsp3) is 0.733. The number of nitrogens with two attached hydrogens (primary N) is 2. The summed E-state index contributed by atoms with van der Waals surface area (Å²) >= 11 is 3.81. The van der Waals surface area contributed by atoms with Gasteiger partial charge in [0.05, 0.1) is 12.6 Å². The van der Waals surface area contributed by atoms with Gasteiger partial charge in [-0.25, -0.2) is 4.79 Å². The summed E-state index contributed by atoms with van der Waals surface area (Å²) in [6, 6.07) is -4.46. The van der Waals surface area contributed by atoms with E-state index in [1.54, 1.807) is 0 Å². The fourth-order valence-corrected chi connectivity index (χ4v) is 2.22. The van der Waals surface area contributed by atoms with E-state index in [4.69, 9.17) is 16.6 Å². The van der Waals surface area contributed by atoms with Crippen LogP contribution in [0.5, 0.6) is 0 Å². The van der Waals surface area contributed by atoms with Crippen LogP contribution in [0, 0.1) is 0 Å². The van der Waals surface area contributed by atoms with Gasteiger partial charge in [0.2, 0.25) is 17.7 Å². The highest BCUT2D eigenvalue weighted by Gasteiger charge is 2.27. The first-order chi connectivity index (χ1) is 12.7. The molecule has 0 aromatic rings. The summed E-state index contributed by atoms with van der Waals surface area (Å²) in [4.78, 5) is 47.0. The maximum absolute atomic E-state index is 12.1. The molecule has 0 aliphatic heterocycles. The van der Waals surface area contributed by atoms with E-state index in [1.807, 2.05) is 0 Å². The number of nitrogens with one attached hydrogen (secondary N) is 3. The molecule has 0 heterocycles. The van der Waals surface area contributed by atoms with Crippen LogP contribution in [0.2, 0.25) is 0 Å². The standard InChI is InChI=1S/C15H29N5O6S/c1-8(18-13(23)9(17)4-2-3-5-16)12(22)19-10(6-21)14(24)20-11(7-27)15(25)26/h8-11,21,27H,2-7,16-17H2,1H3,(H,18,23)(H,19,22)(H,20,24)(H,25,26). The van der Waals surface area contributed by atoms with Gasteiger partial charge in [0.1, 0.15) is 18.1 Å². The van der Waals surface area contributed by atoms with Gasteiger partial charge >= 0.3 is 5.97 Å². The molecule has 12 heteroatoms. The number of rotatable bonds is 13. The zero-order chi connectivity index (χ0) is 21.0. The van der Waals surface area contributed by atoms with E-state index in [0.717, 1.165) is 6.42 Å². The number of hydrogen-bond donors (Lipinski definition) is 8. The molecule has 0 aliphatic rings. The maximum atomic E-state index is 12.1. The third-order valence-corrected chi connectivity index (χ3v) is 4.04. The lowest BCUT2D eigenvalue weighted by Gasteiger charge is -2.22. The van der Waals surface area contributed by atoms with Crippen LogP contribution >= 0.6 is 12.6 Å². The molecular weight excluding hydrogens is 378 g/mol. The van der Waals surface area contributed by atoms with Crippen molar-refractivity contribution in [3.05, 3.63) is 0 Å². The minimum atomic E-state index is -1.38. The molecule has 0 radical (unpaired) electrons. The number of carboxylic acids is 1. The third kappa shape index (κ3) is 9.56. The van der Waals surface area contributed by atoms with Crippen molar-refractivity contribution in [1.82, 2.24) is 16.0 Å². The first-order valence-corrected chi connectivity index (χ1v) is 9.12. The summed E-state index contributed by atoms with van der Waals surface area (Å²) in [5.41, 5.74) is 11.1. The molecule has 0 aliphatic carbocycles. The molecule has 156 valence electrons. The average molecular weight is 407 g/mol. The van der Waals surface area contributed by atoms with Crippen LogP contribution in [0.4, 0.5) is 0 Å². The second-order valence-electron chi connectivity index (χ2n) is 5.95. The Hall–Kier alpha value is -1.89. The Bertz CT molecular complexity index is 521. The maximum Gasteiger partial charge on any atom is 0.327 e. The minimum absolute atomic E-state index is 0.165. The second kappa shape index (κ2) is 13.3. The van der Waals surface area contributed by atoms with E-state index in [0.29, 0.717) is 19.4 Å². The highest BCUT2D eigenvalue weighted by molar-refractivity contribution is 7.80. The average Bonchev–Trinajstić information content (AvgIpc) is 2.63. The molecule has 0 aromatic carbocycles. The predicted molar refractivity (Wildman–Crippen MR) is 101 cm³/mol. The Labute approximate surface area is 163 Å². The van der Waals surface area contributed by atoms with Crippen molar-refractivity contribution in [2.75, 3.05) is 18.9 Å². The lowest BCUT2D eigenvalue weighted by atomic mass is 10.1. The normalized spacial score (nSPS) is 15.1. The molecule has 0 bridgehead atoms. The Morgan fingerprint density at radius 3 is 2.07 bits per heavy atom. The number of amides is 3. The van der Waals surface area contributed by atoms with Crippen molar-refractivity contribution in [3.8, 4) is 0 Å². The van der Waals surface area contributed by atoms with E-state index >= 15 is 0 Å². The molecule has 0 spiro atoms. The number of unbranched alkanes of at least 4 members (excludes halogenated alkanes) is 1. The van der Waals surface area contributed by atoms with Crippen molar-refractivity contribution in [3.63, 3.8) is 0 Å². The number of hydrogen-bond acceptors (Lipinski definition) is 8. The van der Waals surface area contributed by atoms with E-state index in [2.05, 4.69) is 28.6 Å². The van der Waals surface area contributed by atoms with Gasteiger partial charge in [0.25, 0.3) is 0 Å². The Balaban J connectivity index is 4.62. The first kappa shape index (κ1) is 25.1. The van der Waals surface area contributed by atoms with Crippen molar-refractivity contribution in [2.24, 2.45) is 11.5 Å². The topological polar surface area (TPSA) is 197 Å². The van der Waals surface area contributed by atoms with Crippen LogP contribution in [0.25, 0.3) is 0 Å². The summed E-state index contributed by atoms with van der Waals surface area (Å²) in [5.74, 6) is -3.61. The molecule has 0 saturated heterocycles. The number of aliphatic carboxylic acids is 1. The summed E-state index contributed by atoms with van der Waals surface area (Å²) in [7, 11) is 0. The van der Waals surface area contributed by atoms with Gasteiger partial charge in [0, 0.05) is 5.75 Å². The van der Waals surface area contributed by atoms with Gasteiger partial charge in [-0.1, -0.05) is 6.42 Å². The lowest BCUT2D eigenvalue weighted by Crippen LogP contribution is -2.57. The van der Waals surface area contributed by atoms with E-state index in [9.17, 15) is 24.3 Å². The molecule has 3 amide bonds. The van der Waals surface area contributed by atoms with Crippen molar-refractivity contribution < 1.29 is 29.4 Å². The minimum Gasteiger partial charge on any atom is -0.480 e. The monoisotopic (exact) mass is 407 g/mol. The van der Waals surface area contributed by atoms with Crippen molar-refractivity contribution in [2.45, 2.75) is 50.4 Å². The molecular formula is C15H29N5O6S. The predicted octanol–water partition coefficient (Wildman–Crippen LogP) is -3.08. The van der Waals surface area contributed by atoms with Crippen LogP contribution in [-0.2, 0) is 19.2 Å². The highest BCUT2D eigenvalue weighted by Crippen LogP contribution is 1.99. The van der Waals surface area contributed by atoms with E-state index in [1.165, 1.54) is 6.92 Å². The van der Waals surface area contributed by atoms with E-state index in [-0.39, 0.29) is 5.75 Å². The quantitative estimate of drug-likeness (QED) is 0.116. The molecule has 0 rings (SSSR count). The smallest absolute Gasteiger partial charge is 0.327 e. The van der Waals surface area contributed by atoms with Crippen molar-refractivity contribution in [1.29, 1.82) is 0 Å². The van der Waals surface area contributed by atoms with Crippen LogP contribution in [0.1, 0.15) is 26.2 Å². The number of aliphatic hydroxyl groups excluding tert-OH is 1. The summed E-state index contributed by atoms with van der Waals surface area (Å²) < 4.78 is 0. The van der Waals surface area contributed by atoms with Gasteiger partial charge in [0.15, 0.2) is 0 Å². The zero-order valence-corrected chi connectivity index (χ0v) is 16.1. The number of thiol groups is 1. The Kier molecular flexibility index (Phi) is 12.4. The van der Waals surface area contributed by atoms with Crippen LogP contribution < -0.4 is 27.4 Å². The lowest BCUT2D eigenvalue weighted by molar-refractivity contribution is -0.141. The van der Waals surface area contributed by atoms with Gasteiger partial charge in [-0.15, -0.1) is 0 Å². The third-order valence-electron chi connectivity index (χ3n) is 3.67. The fourth-order valence-electron chi connectivity index (χ4n) is 1.97. The van der Waals surface area contributed by atoms with Crippen molar-refractivity contribution >= 4 is 36.3 Å². The van der Waals surface area contributed by atoms with Gasteiger partial charge in [-0.3, -0.25) is 14.4 Å². The highest BCUT2D eigenvalue weighted by atomic mass is 32.1. The second-order valence-corrected chi connectivity index (χ2v) is 6.31. The van der Waals surface area contributed by atoms with E-state index < -0.39 is 54.5 Å². The van der Waals surface area contributed by atoms with Gasteiger partial charge in [-0.05, 0) is 26.3 Å². The number of carbonyl (C=O) groups excluding carboxylic acids is 3. The summed E-state index contributed by atoms with van der Waals surface area (Å²) in [5, 5.41) is 25.0. The first-order valence-electron chi connectivity index (χ1n) is 8.49. The molecule has 0 fully saturated rings. The number of carbonyl (C=O) groups is 4. The molecule has 4 atom stereocenters. The molecule has 11 nitrogen and oxygen atoms in total. The molecule has 4 unspecified atom stereocenters. The largest absolute Gasteiger partial charge is 0.480 e. The molecule has 27 heavy (non-hydrogen) atoms. The Morgan fingerprint density at radius 2 is 1.59 bits per heavy atom. The molecule has 9 N–H and O–H groups in total. The van der Waals surface area contributed by atoms with Crippen LogP contribution in [0.15, 0.2) is 0 Å². The number of carboxylic acid groups (broad SMARTS) is 1. The van der Waals surface area contributed by atoms with Crippen LogP contribution in [-0.4, -0.2) is 77.0 Å². The van der Waals surface area contributed by atoms with Crippen LogP contribution in [0.3, 0.4) is 0 Å². The SMILES string of the molecule is CC(NC(=O)C(N)CCCCN)C(=O)NC(CO)C(=O)NC(CS)C(=O)O. The summed E-state index contributed by atoms with van der Waals surface area (Å²) in [6.45, 7) is 1.13. The summed E-state index contributed by atoms with van der Waals surface area (Å²) in [6.07, 6.45) is 1.82. The zero-order valence-electron chi connectivity index (χ0n) is 15.2. The Morgan fingerprint density at radius 1 is 1.00 bits per heavy atom. The number of aliphatic hydroxyl groups is 1. The van der Waals surface area contributed by atoms with Gasteiger partial charge in [-0.2, -0.15) is 12.6 Å². The molecule has 0 aromatic heterocycles. The molecule has 0 saturated carbocycles.